The standard InChI is InChI=1S/C17H18N4O4S/c1-10-14(26-20-19-10)15(22)18-12-6-4-5-11(9-12)16(23)21-8-3-2-7-13(21)17(24)25/h4-6,9,13H,2-3,7-8H2,1H3,(H,18,22)(H,24,25). The number of anilines is 1. The number of carbonyl (C=O) groups is 3. The second-order valence-corrected chi connectivity index (χ2v) is 6.82. The number of carboxylic acids is 1. The van der Waals surface area contributed by atoms with Crippen molar-refractivity contribution in [3.8, 4) is 0 Å². The number of rotatable bonds is 4. The second-order valence-electron chi connectivity index (χ2n) is 6.07. The number of hydrogen-bond acceptors (Lipinski definition) is 6. The molecule has 3 rings (SSSR count). The van der Waals surface area contributed by atoms with Crippen molar-refractivity contribution in [2.75, 3.05) is 11.9 Å². The molecule has 1 aromatic carbocycles. The lowest BCUT2D eigenvalue weighted by Gasteiger charge is -2.33. The molecule has 8 nitrogen and oxygen atoms in total. The first kappa shape index (κ1) is 18.0. The van der Waals surface area contributed by atoms with Crippen LogP contribution in [0.4, 0.5) is 5.69 Å². The fourth-order valence-electron chi connectivity index (χ4n) is 2.95. The smallest absolute Gasteiger partial charge is 0.326 e. The van der Waals surface area contributed by atoms with Crippen molar-refractivity contribution >= 4 is 35.0 Å². The lowest BCUT2D eigenvalue weighted by atomic mass is 10.0. The number of aliphatic carboxylic acids is 1. The molecule has 0 spiro atoms. The third-order valence-electron chi connectivity index (χ3n) is 4.27. The van der Waals surface area contributed by atoms with Gasteiger partial charge >= 0.3 is 5.97 Å². The monoisotopic (exact) mass is 374 g/mol. The van der Waals surface area contributed by atoms with Gasteiger partial charge in [0.05, 0.1) is 5.69 Å². The van der Waals surface area contributed by atoms with Gasteiger partial charge in [-0.25, -0.2) is 4.79 Å². The quantitative estimate of drug-likeness (QED) is 0.848. The van der Waals surface area contributed by atoms with Crippen molar-refractivity contribution in [3.05, 3.63) is 40.4 Å². The number of carboxylic acid groups (broad SMARTS) is 1. The number of likely N-dealkylation sites (tertiary alicyclic amines) is 1. The molecule has 0 aliphatic carbocycles. The van der Waals surface area contributed by atoms with Crippen molar-refractivity contribution in [1.29, 1.82) is 0 Å². The van der Waals surface area contributed by atoms with Crippen molar-refractivity contribution < 1.29 is 19.5 Å². The molecule has 2 amide bonds. The predicted octanol–water partition coefficient (Wildman–Crippen LogP) is 2.18. The zero-order chi connectivity index (χ0) is 18.7. The van der Waals surface area contributed by atoms with E-state index < -0.39 is 12.0 Å². The fourth-order valence-corrected chi connectivity index (χ4v) is 3.51. The number of piperidine rings is 1. The van der Waals surface area contributed by atoms with Crippen LogP contribution in [-0.2, 0) is 4.79 Å². The Morgan fingerprint density at radius 2 is 2.12 bits per heavy atom. The van der Waals surface area contributed by atoms with E-state index in [1.165, 1.54) is 4.90 Å². The maximum Gasteiger partial charge on any atom is 0.326 e. The molecular weight excluding hydrogens is 356 g/mol. The number of benzene rings is 1. The molecule has 1 aliphatic heterocycles. The molecule has 2 heterocycles. The molecule has 2 N–H and O–H groups in total. The van der Waals surface area contributed by atoms with E-state index in [1.807, 2.05) is 0 Å². The zero-order valence-corrected chi connectivity index (χ0v) is 15.0. The van der Waals surface area contributed by atoms with Crippen LogP contribution in [0.5, 0.6) is 0 Å². The van der Waals surface area contributed by atoms with Crippen LogP contribution >= 0.6 is 11.5 Å². The SMILES string of the molecule is Cc1nnsc1C(=O)Nc1cccc(C(=O)N2CCCCC2C(=O)O)c1. The molecular formula is C17H18N4O4S. The predicted molar refractivity (Wildman–Crippen MR) is 95.4 cm³/mol. The van der Waals surface area contributed by atoms with Crippen LogP contribution in [0.25, 0.3) is 0 Å². The summed E-state index contributed by atoms with van der Waals surface area (Å²) in [6.07, 6.45) is 2.03. The fraction of sp³-hybridized carbons (Fsp3) is 0.353. The molecule has 0 bridgehead atoms. The van der Waals surface area contributed by atoms with Gasteiger partial charge in [-0.2, -0.15) is 0 Å². The van der Waals surface area contributed by atoms with E-state index in [0.717, 1.165) is 24.4 Å². The van der Waals surface area contributed by atoms with Crippen molar-refractivity contribution in [3.63, 3.8) is 0 Å². The third kappa shape index (κ3) is 3.72. The van der Waals surface area contributed by atoms with E-state index in [4.69, 9.17) is 0 Å². The Morgan fingerprint density at radius 1 is 1.31 bits per heavy atom. The molecule has 26 heavy (non-hydrogen) atoms. The number of aromatic nitrogens is 2. The summed E-state index contributed by atoms with van der Waals surface area (Å²) in [5, 5.41) is 15.9. The summed E-state index contributed by atoms with van der Waals surface area (Å²) in [6.45, 7) is 2.11. The summed E-state index contributed by atoms with van der Waals surface area (Å²) < 4.78 is 3.73. The average molecular weight is 374 g/mol. The minimum absolute atomic E-state index is 0.343. The highest BCUT2D eigenvalue weighted by Gasteiger charge is 2.32. The summed E-state index contributed by atoms with van der Waals surface area (Å²) in [4.78, 5) is 38.2. The summed E-state index contributed by atoms with van der Waals surface area (Å²) in [7, 11) is 0. The first-order valence-corrected chi connectivity index (χ1v) is 8.99. The van der Waals surface area contributed by atoms with Gasteiger partial charge in [-0.3, -0.25) is 9.59 Å². The van der Waals surface area contributed by atoms with Gasteiger partial charge in [0.1, 0.15) is 10.9 Å². The molecule has 1 aromatic heterocycles. The van der Waals surface area contributed by atoms with Gasteiger partial charge in [0.2, 0.25) is 0 Å². The lowest BCUT2D eigenvalue weighted by molar-refractivity contribution is -0.143. The normalized spacial score (nSPS) is 17.0. The number of nitrogens with zero attached hydrogens (tertiary/aromatic N) is 3. The van der Waals surface area contributed by atoms with Crippen LogP contribution in [0.2, 0.25) is 0 Å². The molecule has 1 aliphatic rings. The molecule has 1 unspecified atom stereocenters. The van der Waals surface area contributed by atoms with Crippen LogP contribution in [0.1, 0.15) is 45.0 Å². The zero-order valence-electron chi connectivity index (χ0n) is 14.1. The van der Waals surface area contributed by atoms with Gasteiger partial charge < -0.3 is 15.3 Å². The molecule has 1 atom stereocenters. The number of hydrogen-bond donors (Lipinski definition) is 2. The van der Waals surface area contributed by atoms with E-state index in [9.17, 15) is 19.5 Å². The Hall–Kier alpha value is -2.81. The van der Waals surface area contributed by atoms with Crippen molar-refractivity contribution in [1.82, 2.24) is 14.5 Å². The van der Waals surface area contributed by atoms with E-state index in [0.29, 0.717) is 34.8 Å². The average Bonchev–Trinajstić information content (AvgIpc) is 3.07. The Labute approximate surface area is 154 Å². The van der Waals surface area contributed by atoms with E-state index >= 15 is 0 Å². The van der Waals surface area contributed by atoms with Gasteiger partial charge in [0, 0.05) is 17.8 Å². The molecule has 0 radical (unpaired) electrons. The topological polar surface area (TPSA) is 112 Å². The molecule has 2 aromatic rings. The maximum absolute atomic E-state index is 12.8. The minimum Gasteiger partial charge on any atom is -0.480 e. The minimum atomic E-state index is -0.990. The lowest BCUT2D eigenvalue weighted by Crippen LogP contribution is -2.48. The van der Waals surface area contributed by atoms with Crippen LogP contribution in [0, 0.1) is 6.92 Å². The second kappa shape index (κ2) is 7.61. The highest BCUT2D eigenvalue weighted by Crippen LogP contribution is 2.22. The van der Waals surface area contributed by atoms with Gasteiger partial charge in [-0.15, -0.1) is 5.10 Å². The Morgan fingerprint density at radius 3 is 2.81 bits per heavy atom. The Bertz CT molecular complexity index is 851. The van der Waals surface area contributed by atoms with Crippen molar-refractivity contribution in [2.45, 2.75) is 32.2 Å². The van der Waals surface area contributed by atoms with Crippen LogP contribution < -0.4 is 5.32 Å². The van der Waals surface area contributed by atoms with Gasteiger partial charge in [0.15, 0.2) is 0 Å². The molecule has 0 saturated carbocycles. The summed E-state index contributed by atoms with van der Waals surface area (Å²) >= 11 is 1.00. The number of carbonyl (C=O) groups excluding carboxylic acids is 2. The van der Waals surface area contributed by atoms with Crippen LogP contribution in [-0.4, -0.2) is 50.0 Å². The van der Waals surface area contributed by atoms with Crippen molar-refractivity contribution in [2.24, 2.45) is 0 Å². The van der Waals surface area contributed by atoms with E-state index in [1.54, 1.807) is 31.2 Å². The van der Waals surface area contributed by atoms with Crippen LogP contribution in [0.15, 0.2) is 24.3 Å². The summed E-state index contributed by atoms with van der Waals surface area (Å²) in [5.41, 5.74) is 1.34. The highest BCUT2D eigenvalue weighted by atomic mass is 32.1. The highest BCUT2D eigenvalue weighted by molar-refractivity contribution is 7.08. The van der Waals surface area contributed by atoms with E-state index in [-0.39, 0.29) is 11.8 Å². The largest absolute Gasteiger partial charge is 0.480 e. The van der Waals surface area contributed by atoms with Crippen LogP contribution in [0.3, 0.4) is 0 Å². The number of nitrogens with one attached hydrogen (secondary N) is 1. The van der Waals surface area contributed by atoms with E-state index in [2.05, 4.69) is 14.9 Å². The van der Waals surface area contributed by atoms with Gasteiger partial charge in [0.25, 0.3) is 11.8 Å². The molecule has 1 saturated heterocycles. The Kier molecular flexibility index (Phi) is 5.27. The first-order valence-electron chi connectivity index (χ1n) is 8.21. The van der Waals surface area contributed by atoms with Gasteiger partial charge in [-0.05, 0) is 55.9 Å². The number of amides is 2. The summed E-state index contributed by atoms with van der Waals surface area (Å²) in [6, 6.07) is 5.69. The summed E-state index contributed by atoms with van der Waals surface area (Å²) in [5.74, 6) is -1.68. The Balaban J connectivity index is 1.78. The molecule has 136 valence electrons. The first-order chi connectivity index (χ1) is 12.5. The molecule has 9 heteroatoms. The van der Waals surface area contributed by atoms with Gasteiger partial charge in [-0.1, -0.05) is 10.6 Å². The maximum atomic E-state index is 12.8. The molecule has 1 fully saturated rings. The number of aryl methyl sites for hydroxylation is 1. The third-order valence-corrected chi connectivity index (χ3v) is 5.10.